The summed E-state index contributed by atoms with van der Waals surface area (Å²) in [5, 5.41) is 27.3. The molecule has 2 aliphatic carbocycles. The molecule has 6 nitrogen and oxygen atoms in total. The van der Waals surface area contributed by atoms with Gasteiger partial charge in [-0.1, -0.05) is 13.8 Å². The third-order valence-electron chi connectivity index (χ3n) is 6.98. The van der Waals surface area contributed by atoms with Gasteiger partial charge in [-0.15, -0.1) is 21.5 Å². The molecule has 5 rings (SSSR count). The van der Waals surface area contributed by atoms with E-state index in [2.05, 4.69) is 31.0 Å². The van der Waals surface area contributed by atoms with Crippen LogP contribution in [0.2, 0.25) is 0 Å². The van der Waals surface area contributed by atoms with Crippen LogP contribution in [0.15, 0.2) is 16.5 Å². The maximum atomic E-state index is 9.55. The summed E-state index contributed by atoms with van der Waals surface area (Å²) in [5.74, 6) is 3.21. The Morgan fingerprint density at radius 2 is 1.87 bits per heavy atom. The maximum absolute atomic E-state index is 9.55. The predicted octanol–water partition coefficient (Wildman–Crippen LogP) is 4.42. The molecule has 0 amide bonds. The second kappa shape index (κ2) is 7.15. The lowest BCUT2D eigenvalue weighted by molar-refractivity contribution is 0.0532. The van der Waals surface area contributed by atoms with Gasteiger partial charge in [0.25, 0.3) is 5.89 Å². The minimum absolute atomic E-state index is 0.0455. The topological polar surface area (TPSA) is 88.6 Å². The molecule has 2 aliphatic rings. The molecule has 0 spiro atoms. The van der Waals surface area contributed by atoms with Crippen molar-refractivity contribution in [2.75, 3.05) is 13.2 Å². The fourth-order valence-corrected chi connectivity index (χ4v) is 6.42. The van der Waals surface area contributed by atoms with Crippen molar-refractivity contribution in [2.24, 2.45) is 11.3 Å². The number of aliphatic hydroxyl groups excluding tert-OH is 2. The number of aryl methyl sites for hydroxylation is 3. The highest BCUT2D eigenvalue weighted by Crippen LogP contribution is 2.72. The number of fused-ring (bicyclic) bond motifs is 3. The Morgan fingerprint density at radius 1 is 1.19 bits per heavy atom. The van der Waals surface area contributed by atoms with Gasteiger partial charge in [0.2, 0.25) is 5.89 Å². The van der Waals surface area contributed by atoms with Crippen LogP contribution in [-0.4, -0.2) is 39.7 Å². The van der Waals surface area contributed by atoms with Crippen LogP contribution in [-0.2, 0) is 6.42 Å². The Kier molecular flexibility index (Phi) is 4.77. The van der Waals surface area contributed by atoms with E-state index in [1.807, 2.05) is 26.0 Å². The zero-order valence-electron chi connectivity index (χ0n) is 18.5. The quantitative estimate of drug-likeness (QED) is 0.590. The van der Waals surface area contributed by atoms with Gasteiger partial charge < -0.3 is 19.4 Å². The van der Waals surface area contributed by atoms with Crippen LogP contribution in [0.25, 0.3) is 22.2 Å². The number of ether oxygens (including phenoxy) is 1. The van der Waals surface area contributed by atoms with Gasteiger partial charge in [-0.05, 0) is 78.8 Å². The maximum Gasteiger partial charge on any atom is 0.258 e. The van der Waals surface area contributed by atoms with Crippen LogP contribution in [0.3, 0.4) is 0 Å². The van der Waals surface area contributed by atoms with Gasteiger partial charge in [-0.3, -0.25) is 0 Å². The first-order chi connectivity index (χ1) is 14.7. The van der Waals surface area contributed by atoms with Crippen molar-refractivity contribution < 1.29 is 19.4 Å². The molecule has 1 saturated carbocycles. The Morgan fingerprint density at radius 3 is 2.55 bits per heavy atom. The largest absolute Gasteiger partial charge is 0.490 e. The fourth-order valence-electron chi connectivity index (χ4n) is 5.27. The van der Waals surface area contributed by atoms with Crippen molar-refractivity contribution in [1.82, 2.24) is 10.2 Å². The molecule has 1 aromatic carbocycles. The Bertz CT molecular complexity index is 1140. The summed E-state index contributed by atoms with van der Waals surface area (Å²) in [6.07, 6.45) is 0.207. The number of hydrogen-bond donors (Lipinski definition) is 2. The molecule has 0 bridgehead atoms. The van der Waals surface area contributed by atoms with E-state index in [0.29, 0.717) is 28.9 Å². The molecule has 3 aromatic rings. The van der Waals surface area contributed by atoms with E-state index in [1.165, 1.54) is 16.0 Å². The lowest BCUT2D eigenvalue weighted by Crippen LogP contribution is -2.21. The first-order valence-corrected chi connectivity index (χ1v) is 11.5. The van der Waals surface area contributed by atoms with Gasteiger partial charge in [0.05, 0.1) is 11.5 Å². The summed E-state index contributed by atoms with van der Waals surface area (Å²) in [6.45, 7) is 10.6. The van der Waals surface area contributed by atoms with Crippen molar-refractivity contribution in [3.8, 4) is 28.0 Å². The zero-order valence-corrected chi connectivity index (χ0v) is 19.3. The predicted molar refractivity (Wildman–Crippen MR) is 120 cm³/mol. The van der Waals surface area contributed by atoms with E-state index >= 15 is 0 Å². The zero-order chi connectivity index (χ0) is 22.1. The standard InChI is InChI=1S/C24H28N2O4S/c1-11-6-14(7-12(2)20(11)29-10-15(28)9-27)22-25-26-23(30-22)21-16-8-17-19(24(17,4)5)18(16)13(3)31-21/h6-7,15,17,19,27-28H,8-10H2,1-5H3/t15?,17-,19-/m1/s1. The molecule has 0 radical (unpaired) electrons. The van der Waals surface area contributed by atoms with Crippen molar-refractivity contribution in [3.05, 3.63) is 39.3 Å². The Labute approximate surface area is 185 Å². The molecule has 1 fully saturated rings. The van der Waals surface area contributed by atoms with E-state index in [-0.39, 0.29) is 13.2 Å². The van der Waals surface area contributed by atoms with Crippen LogP contribution in [0.4, 0.5) is 0 Å². The Hall–Kier alpha value is -2.22. The first-order valence-electron chi connectivity index (χ1n) is 10.7. The highest BCUT2D eigenvalue weighted by atomic mass is 32.1. The van der Waals surface area contributed by atoms with Gasteiger partial charge in [0.1, 0.15) is 18.5 Å². The summed E-state index contributed by atoms with van der Waals surface area (Å²) in [6, 6.07) is 3.90. The lowest BCUT2D eigenvalue weighted by Gasteiger charge is -2.15. The molecule has 7 heteroatoms. The highest BCUT2D eigenvalue weighted by Gasteiger charge is 2.63. The van der Waals surface area contributed by atoms with E-state index in [1.54, 1.807) is 11.3 Å². The van der Waals surface area contributed by atoms with Crippen LogP contribution in [0, 0.1) is 32.1 Å². The summed E-state index contributed by atoms with van der Waals surface area (Å²) >= 11 is 1.77. The van der Waals surface area contributed by atoms with E-state index in [4.69, 9.17) is 14.3 Å². The van der Waals surface area contributed by atoms with Crippen molar-refractivity contribution >= 4 is 11.3 Å². The summed E-state index contributed by atoms with van der Waals surface area (Å²) < 4.78 is 11.8. The van der Waals surface area contributed by atoms with E-state index < -0.39 is 6.10 Å². The Balaban J connectivity index is 1.42. The van der Waals surface area contributed by atoms with E-state index in [0.717, 1.165) is 33.9 Å². The van der Waals surface area contributed by atoms with E-state index in [9.17, 15) is 5.11 Å². The van der Waals surface area contributed by atoms with Gasteiger partial charge in [-0.2, -0.15) is 0 Å². The van der Waals surface area contributed by atoms with Crippen LogP contribution < -0.4 is 4.74 Å². The molecule has 2 aromatic heterocycles. The number of aliphatic hydroxyl groups is 2. The average Bonchev–Trinajstić information content (AvgIpc) is 3.22. The third-order valence-corrected chi connectivity index (χ3v) is 8.13. The van der Waals surface area contributed by atoms with Gasteiger partial charge in [0.15, 0.2) is 0 Å². The summed E-state index contributed by atoms with van der Waals surface area (Å²) in [5.41, 5.74) is 6.02. The number of hydrogen-bond acceptors (Lipinski definition) is 7. The second-order valence-corrected chi connectivity index (χ2v) is 10.7. The van der Waals surface area contributed by atoms with Crippen molar-refractivity contribution in [3.63, 3.8) is 0 Å². The molecule has 0 aliphatic heterocycles. The van der Waals surface area contributed by atoms with Gasteiger partial charge >= 0.3 is 0 Å². The number of thiophene rings is 1. The van der Waals surface area contributed by atoms with Gasteiger partial charge in [0, 0.05) is 10.4 Å². The average molecular weight is 441 g/mol. The molecule has 3 atom stereocenters. The number of aromatic nitrogens is 2. The van der Waals surface area contributed by atoms with Crippen molar-refractivity contribution in [2.45, 2.75) is 53.1 Å². The third kappa shape index (κ3) is 3.22. The second-order valence-electron chi connectivity index (χ2n) is 9.49. The molecule has 2 heterocycles. The lowest BCUT2D eigenvalue weighted by atomic mass is 9.95. The summed E-state index contributed by atoms with van der Waals surface area (Å²) in [4.78, 5) is 2.50. The minimum Gasteiger partial charge on any atom is -0.490 e. The van der Waals surface area contributed by atoms with Gasteiger partial charge in [-0.25, -0.2) is 0 Å². The molecule has 164 valence electrons. The van der Waals surface area contributed by atoms with Crippen LogP contribution in [0.5, 0.6) is 5.75 Å². The van der Waals surface area contributed by atoms with Crippen LogP contribution in [0.1, 0.15) is 46.9 Å². The number of nitrogens with zero attached hydrogens (tertiary/aromatic N) is 2. The fraction of sp³-hybridized carbons (Fsp3) is 0.500. The minimum atomic E-state index is -0.899. The smallest absolute Gasteiger partial charge is 0.258 e. The molecular weight excluding hydrogens is 412 g/mol. The van der Waals surface area contributed by atoms with Crippen molar-refractivity contribution in [1.29, 1.82) is 0 Å². The molecule has 2 N–H and O–H groups in total. The first kappa shape index (κ1) is 20.7. The SMILES string of the molecule is Cc1cc(-c2nnc(-c3sc(C)c4c3C[C@@H]3[C@H]4C3(C)C)o2)cc(C)c1OCC(O)CO. The highest BCUT2D eigenvalue weighted by molar-refractivity contribution is 7.15. The number of rotatable bonds is 6. The monoisotopic (exact) mass is 440 g/mol. The normalized spacial score (nSPS) is 21.6. The molecular formula is C24H28N2O4S. The molecule has 1 unspecified atom stereocenters. The molecule has 0 saturated heterocycles. The van der Waals surface area contributed by atoms with Crippen LogP contribution >= 0.6 is 11.3 Å². The molecule has 31 heavy (non-hydrogen) atoms. The summed E-state index contributed by atoms with van der Waals surface area (Å²) in [7, 11) is 0. The number of benzene rings is 1.